The zero-order chi connectivity index (χ0) is 16.3. The Morgan fingerprint density at radius 1 is 1.39 bits per heavy atom. The molecule has 1 aromatic rings. The number of hydrogen-bond acceptors (Lipinski definition) is 5. The summed E-state index contributed by atoms with van der Waals surface area (Å²) < 4.78 is 36.4. The van der Waals surface area contributed by atoms with Gasteiger partial charge in [-0.15, -0.1) is 0 Å². The number of ether oxygens (including phenoxy) is 2. The van der Waals surface area contributed by atoms with Crippen molar-refractivity contribution in [3.05, 3.63) is 30.1 Å². The molecule has 23 heavy (non-hydrogen) atoms. The molecule has 0 radical (unpaired) electrons. The largest absolute Gasteiger partial charge is 0.375 e. The van der Waals surface area contributed by atoms with Crippen LogP contribution in [0.1, 0.15) is 25.0 Å². The van der Waals surface area contributed by atoms with E-state index >= 15 is 0 Å². The molecule has 1 aromatic heterocycles. The normalized spacial score (nSPS) is 25.0. The van der Waals surface area contributed by atoms with Gasteiger partial charge in [0.05, 0.1) is 37.9 Å². The Labute approximate surface area is 137 Å². The Bertz CT molecular complexity index is 612. The SMILES string of the molecule is CS(=O)(=O)N1CCC2(CC1)COC(COCc1ccccn1)C2. The fourth-order valence-electron chi connectivity index (χ4n) is 3.42. The molecule has 2 aliphatic heterocycles. The van der Waals surface area contributed by atoms with Crippen LogP contribution >= 0.6 is 0 Å². The fraction of sp³-hybridized carbons (Fsp3) is 0.688. The molecule has 1 atom stereocenters. The molecule has 0 N–H and O–H groups in total. The van der Waals surface area contributed by atoms with Gasteiger partial charge >= 0.3 is 0 Å². The molecule has 0 saturated carbocycles. The summed E-state index contributed by atoms with van der Waals surface area (Å²) in [5.41, 5.74) is 1.04. The van der Waals surface area contributed by atoms with Crippen molar-refractivity contribution < 1.29 is 17.9 Å². The molecule has 2 saturated heterocycles. The van der Waals surface area contributed by atoms with Crippen LogP contribution in [0, 0.1) is 5.41 Å². The highest BCUT2D eigenvalue weighted by molar-refractivity contribution is 7.88. The predicted octanol–water partition coefficient (Wildman–Crippen LogP) is 1.43. The molecule has 0 aliphatic carbocycles. The standard InChI is InChI=1S/C16H24N2O4S/c1-23(19,20)18-8-5-16(6-9-18)10-15(22-13-16)12-21-11-14-4-2-3-7-17-14/h2-4,7,15H,5-6,8-13H2,1H3. The maximum atomic E-state index is 11.6. The third kappa shape index (κ3) is 4.29. The monoisotopic (exact) mass is 340 g/mol. The van der Waals surface area contributed by atoms with E-state index in [-0.39, 0.29) is 11.5 Å². The second-order valence-corrected chi connectivity index (χ2v) is 8.62. The zero-order valence-corrected chi connectivity index (χ0v) is 14.3. The van der Waals surface area contributed by atoms with Crippen molar-refractivity contribution in [2.45, 2.75) is 32.0 Å². The Morgan fingerprint density at radius 3 is 2.83 bits per heavy atom. The smallest absolute Gasteiger partial charge is 0.211 e. The highest BCUT2D eigenvalue weighted by atomic mass is 32.2. The minimum absolute atomic E-state index is 0.100. The molecular formula is C16H24N2O4S. The molecule has 2 fully saturated rings. The molecule has 6 nitrogen and oxygen atoms in total. The number of rotatable bonds is 5. The minimum atomic E-state index is -3.07. The summed E-state index contributed by atoms with van der Waals surface area (Å²) in [6.07, 6.45) is 5.84. The van der Waals surface area contributed by atoms with Crippen LogP contribution in [0.15, 0.2) is 24.4 Å². The van der Waals surface area contributed by atoms with Gasteiger partial charge in [-0.05, 0) is 36.8 Å². The second-order valence-electron chi connectivity index (χ2n) is 6.64. The van der Waals surface area contributed by atoms with E-state index in [1.807, 2.05) is 18.2 Å². The average Bonchev–Trinajstić information content (AvgIpc) is 2.91. The average molecular weight is 340 g/mol. The second kappa shape index (κ2) is 6.84. The Balaban J connectivity index is 1.44. The van der Waals surface area contributed by atoms with E-state index < -0.39 is 10.0 Å². The maximum absolute atomic E-state index is 11.6. The Kier molecular flexibility index (Phi) is 5.01. The molecule has 0 aromatic carbocycles. The lowest BCUT2D eigenvalue weighted by atomic mass is 9.77. The van der Waals surface area contributed by atoms with Crippen LogP contribution in [0.5, 0.6) is 0 Å². The quantitative estimate of drug-likeness (QED) is 0.811. The molecule has 128 valence electrons. The van der Waals surface area contributed by atoms with Crippen LogP contribution in [-0.2, 0) is 26.1 Å². The van der Waals surface area contributed by atoms with E-state index in [0.717, 1.165) is 25.0 Å². The first-order chi connectivity index (χ1) is 11.0. The van der Waals surface area contributed by atoms with Crippen molar-refractivity contribution in [1.29, 1.82) is 0 Å². The van der Waals surface area contributed by atoms with E-state index in [2.05, 4.69) is 4.98 Å². The summed E-state index contributed by atoms with van der Waals surface area (Å²) in [7, 11) is -3.07. The van der Waals surface area contributed by atoms with E-state index in [1.54, 1.807) is 10.5 Å². The van der Waals surface area contributed by atoms with Gasteiger partial charge in [-0.3, -0.25) is 4.98 Å². The highest BCUT2D eigenvalue weighted by Crippen LogP contribution is 2.42. The van der Waals surface area contributed by atoms with Crippen molar-refractivity contribution in [3.63, 3.8) is 0 Å². The number of piperidine rings is 1. The van der Waals surface area contributed by atoms with Crippen LogP contribution < -0.4 is 0 Å². The third-order valence-corrected chi connectivity index (χ3v) is 6.12. The molecular weight excluding hydrogens is 316 g/mol. The third-order valence-electron chi connectivity index (χ3n) is 4.82. The lowest BCUT2D eigenvalue weighted by Crippen LogP contribution is -2.43. The van der Waals surface area contributed by atoms with Gasteiger partial charge in [-0.1, -0.05) is 6.07 Å². The van der Waals surface area contributed by atoms with Crippen LogP contribution in [0.2, 0.25) is 0 Å². The van der Waals surface area contributed by atoms with Crippen LogP contribution in [-0.4, -0.2) is 56.4 Å². The molecule has 3 rings (SSSR count). The summed E-state index contributed by atoms with van der Waals surface area (Å²) in [4.78, 5) is 4.23. The molecule has 1 spiro atoms. The summed E-state index contributed by atoms with van der Waals surface area (Å²) in [5, 5.41) is 0. The lowest BCUT2D eigenvalue weighted by Gasteiger charge is -2.37. The summed E-state index contributed by atoms with van der Waals surface area (Å²) in [5.74, 6) is 0. The van der Waals surface area contributed by atoms with Gasteiger partial charge in [0.1, 0.15) is 0 Å². The fourth-order valence-corrected chi connectivity index (χ4v) is 4.27. The van der Waals surface area contributed by atoms with E-state index in [1.165, 1.54) is 6.26 Å². The first kappa shape index (κ1) is 16.8. The maximum Gasteiger partial charge on any atom is 0.211 e. The van der Waals surface area contributed by atoms with Gasteiger partial charge in [0.2, 0.25) is 10.0 Å². The van der Waals surface area contributed by atoms with Crippen molar-refractivity contribution in [3.8, 4) is 0 Å². The molecule has 7 heteroatoms. The summed E-state index contributed by atoms with van der Waals surface area (Å²) in [6.45, 7) is 2.97. The predicted molar refractivity (Wildman–Crippen MR) is 86.3 cm³/mol. The molecule has 0 bridgehead atoms. The van der Waals surface area contributed by atoms with Gasteiger partial charge < -0.3 is 9.47 Å². The van der Waals surface area contributed by atoms with Crippen LogP contribution in [0.25, 0.3) is 0 Å². The number of aromatic nitrogens is 1. The van der Waals surface area contributed by atoms with Crippen molar-refractivity contribution >= 4 is 10.0 Å². The van der Waals surface area contributed by atoms with Gasteiger partial charge in [0.15, 0.2) is 0 Å². The minimum Gasteiger partial charge on any atom is -0.375 e. The topological polar surface area (TPSA) is 68.7 Å². The number of hydrogen-bond donors (Lipinski definition) is 0. The van der Waals surface area contributed by atoms with Crippen molar-refractivity contribution in [2.75, 3.05) is 32.6 Å². The first-order valence-electron chi connectivity index (χ1n) is 8.01. The highest BCUT2D eigenvalue weighted by Gasteiger charge is 2.43. The number of pyridine rings is 1. The van der Waals surface area contributed by atoms with E-state index in [9.17, 15) is 8.42 Å². The molecule has 0 amide bonds. The van der Waals surface area contributed by atoms with Gasteiger partial charge in [-0.25, -0.2) is 12.7 Å². The Morgan fingerprint density at radius 2 is 2.17 bits per heavy atom. The zero-order valence-electron chi connectivity index (χ0n) is 13.5. The van der Waals surface area contributed by atoms with E-state index in [0.29, 0.717) is 32.9 Å². The van der Waals surface area contributed by atoms with Gasteiger partial charge in [0, 0.05) is 19.3 Å². The number of sulfonamides is 1. The molecule has 2 aliphatic rings. The van der Waals surface area contributed by atoms with Crippen LogP contribution in [0.3, 0.4) is 0 Å². The first-order valence-corrected chi connectivity index (χ1v) is 9.86. The molecule has 1 unspecified atom stereocenters. The lowest BCUT2D eigenvalue weighted by molar-refractivity contribution is 0.00651. The van der Waals surface area contributed by atoms with Gasteiger partial charge in [-0.2, -0.15) is 0 Å². The van der Waals surface area contributed by atoms with Gasteiger partial charge in [0.25, 0.3) is 0 Å². The van der Waals surface area contributed by atoms with Crippen LogP contribution in [0.4, 0.5) is 0 Å². The van der Waals surface area contributed by atoms with Crippen molar-refractivity contribution in [2.24, 2.45) is 5.41 Å². The summed E-state index contributed by atoms with van der Waals surface area (Å²) >= 11 is 0. The Hall–Kier alpha value is -1.02. The molecule has 3 heterocycles. The number of nitrogens with zero attached hydrogens (tertiary/aromatic N) is 2. The summed E-state index contributed by atoms with van der Waals surface area (Å²) in [6, 6.07) is 5.77. The van der Waals surface area contributed by atoms with E-state index in [4.69, 9.17) is 9.47 Å². The van der Waals surface area contributed by atoms with Crippen molar-refractivity contribution in [1.82, 2.24) is 9.29 Å².